The van der Waals surface area contributed by atoms with E-state index in [2.05, 4.69) is 11.9 Å². The number of hydrogen-bond acceptors (Lipinski definition) is 3. The molecule has 1 unspecified atom stereocenters. The highest BCUT2D eigenvalue weighted by Gasteiger charge is 2.19. The molecule has 1 heterocycles. The maximum absolute atomic E-state index is 10.5. The summed E-state index contributed by atoms with van der Waals surface area (Å²) in [6.45, 7) is 2.98. The van der Waals surface area contributed by atoms with Crippen molar-refractivity contribution < 1.29 is 14.6 Å². The number of nitrogens with zero attached hydrogens (tertiary/aromatic N) is 1. The molecule has 0 spiro atoms. The first-order valence-electron chi connectivity index (χ1n) is 6.25. The Kier molecular flexibility index (Phi) is 4.20. The zero-order chi connectivity index (χ0) is 13.0. The van der Waals surface area contributed by atoms with E-state index in [9.17, 15) is 4.79 Å². The molecule has 1 saturated heterocycles. The lowest BCUT2D eigenvalue weighted by molar-refractivity contribution is -0.136. The van der Waals surface area contributed by atoms with Gasteiger partial charge in [-0.3, -0.25) is 4.79 Å². The number of ether oxygens (including phenoxy) is 1. The fraction of sp³-hybridized carbons (Fsp3) is 0.500. The molecule has 1 aliphatic rings. The number of carbonyl (C=O) groups is 1. The monoisotopic (exact) mass is 249 g/mol. The van der Waals surface area contributed by atoms with Gasteiger partial charge in [-0.25, -0.2) is 0 Å². The Balaban J connectivity index is 1.81. The molecule has 1 aromatic rings. The van der Waals surface area contributed by atoms with Gasteiger partial charge in [0.05, 0.1) is 13.0 Å². The quantitative estimate of drug-likeness (QED) is 0.862. The Labute approximate surface area is 107 Å². The van der Waals surface area contributed by atoms with Crippen molar-refractivity contribution in [3.8, 4) is 5.75 Å². The lowest BCUT2D eigenvalue weighted by atomic mass is 10.1. The Hall–Kier alpha value is -1.55. The number of rotatable bonds is 5. The number of carboxylic acid groups (broad SMARTS) is 1. The van der Waals surface area contributed by atoms with E-state index in [-0.39, 0.29) is 6.42 Å². The topological polar surface area (TPSA) is 49.8 Å². The van der Waals surface area contributed by atoms with Crippen LogP contribution in [0.25, 0.3) is 0 Å². The largest absolute Gasteiger partial charge is 0.493 e. The summed E-state index contributed by atoms with van der Waals surface area (Å²) >= 11 is 0. The summed E-state index contributed by atoms with van der Waals surface area (Å²) in [7, 11) is 2.13. The van der Waals surface area contributed by atoms with Crippen molar-refractivity contribution in [1.29, 1.82) is 0 Å². The molecule has 18 heavy (non-hydrogen) atoms. The maximum Gasteiger partial charge on any atom is 0.307 e. The average Bonchev–Trinajstić information content (AvgIpc) is 2.74. The highest BCUT2D eigenvalue weighted by Crippen LogP contribution is 2.18. The van der Waals surface area contributed by atoms with Gasteiger partial charge in [0.15, 0.2) is 0 Å². The van der Waals surface area contributed by atoms with E-state index in [1.54, 1.807) is 0 Å². The second kappa shape index (κ2) is 5.87. The van der Waals surface area contributed by atoms with Gasteiger partial charge in [-0.05, 0) is 37.7 Å². The first-order chi connectivity index (χ1) is 8.63. The molecule has 1 aromatic carbocycles. The van der Waals surface area contributed by atoms with Crippen LogP contribution in [0.1, 0.15) is 12.0 Å². The van der Waals surface area contributed by atoms with E-state index in [0.717, 1.165) is 31.0 Å². The Morgan fingerprint density at radius 1 is 1.44 bits per heavy atom. The summed E-state index contributed by atoms with van der Waals surface area (Å²) in [4.78, 5) is 12.9. The van der Waals surface area contributed by atoms with Crippen molar-refractivity contribution >= 4 is 5.97 Å². The molecular weight excluding hydrogens is 230 g/mol. The van der Waals surface area contributed by atoms with E-state index >= 15 is 0 Å². The van der Waals surface area contributed by atoms with Crippen LogP contribution in [0.3, 0.4) is 0 Å². The smallest absolute Gasteiger partial charge is 0.307 e. The third-order valence-electron chi connectivity index (χ3n) is 3.25. The van der Waals surface area contributed by atoms with Gasteiger partial charge in [0, 0.05) is 12.5 Å². The fourth-order valence-corrected chi connectivity index (χ4v) is 2.25. The van der Waals surface area contributed by atoms with Crippen molar-refractivity contribution in [2.45, 2.75) is 12.8 Å². The summed E-state index contributed by atoms with van der Waals surface area (Å²) in [6.07, 6.45) is 1.25. The summed E-state index contributed by atoms with van der Waals surface area (Å²) in [6, 6.07) is 7.31. The lowest BCUT2D eigenvalue weighted by Gasteiger charge is -2.12. The third-order valence-corrected chi connectivity index (χ3v) is 3.25. The summed E-state index contributed by atoms with van der Waals surface area (Å²) < 4.78 is 5.72. The molecule has 1 atom stereocenters. The van der Waals surface area contributed by atoms with Crippen molar-refractivity contribution in [1.82, 2.24) is 4.90 Å². The maximum atomic E-state index is 10.5. The van der Waals surface area contributed by atoms with Crippen LogP contribution < -0.4 is 4.74 Å². The number of likely N-dealkylation sites (tertiary alicyclic amines) is 1. The first-order valence-corrected chi connectivity index (χ1v) is 6.25. The Morgan fingerprint density at radius 3 is 2.72 bits per heavy atom. The minimum absolute atomic E-state index is 0.0632. The van der Waals surface area contributed by atoms with Crippen LogP contribution in [0.2, 0.25) is 0 Å². The number of benzene rings is 1. The molecule has 1 aliphatic heterocycles. The normalized spacial score (nSPS) is 19.9. The highest BCUT2D eigenvalue weighted by atomic mass is 16.5. The molecule has 98 valence electrons. The van der Waals surface area contributed by atoms with Crippen LogP contribution in [-0.2, 0) is 11.2 Å². The summed E-state index contributed by atoms with van der Waals surface area (Å²) in [5.74, 6) is 0.616. The van der Waals surface area contributed by atoms with E-state index in [4.69, 9.17) is 9.84 Å². The number of carboxylic acids is 1. The number of hydrogen-bond donors (Lipinski definition) is 1. The fourth-order valence-electron chi connectivity index (χ4n) is 2.25. The van der Waals surface area contributed by atoms with Gasteiger partial charge in [-0.2, -0.15) is 0 Å². The average molecular weight is 249 g/mol. The van der Waals surface area contributed by atoms with Crippen LogP contribution in [-0.4, -0.2) is 42.7 Å². The molecule has 0 radical (unpaired) electrons. The first kappa shape index (κ1) is 12.9. The van der Waals surface area contributed by atoms with Crippen molar-refractivity contribution in [2.24, 2.45) is 5.92 Å². The van der Waals surface area contributed by atoms with Crippen LogP contribution >= 0.6 is 0 Å². The predicted octanol–water partition coefficient (Wildman–Crippen LogP) is 1.64. The predicted molar refractivity (Wildman–Crippen MR) is 68.9 cm³/mol. The van der Waals surface area contributed by atoms with Crippen molar-refractivity contribution in [2.75, 3.05) is 26.7 Å². The molecular formula is C14H19NO3. The zero-order valence-electron chi connectivity index (χ0n) is 10.6. The van der Waals surface area contributed by atoms with Gasteiger partial charge in [0.1, 0.15) is 5.75 Å². The minimum Gasteiger partial charge on any atom is -0.493 e. The van der Waals surface area contributed by atoms with E-state index in [1.165, 1.54) is 6.42 Å². The van der Waals surface area contributed by atoms with Crippen molar-refractivity contribution in [3.63, 3.8) is 0 Å². The van der Waals surface area contributed by atoms with Crippen LogP contribution in [0.5, 0.6) is 5.75 Å². The molecule has 0 bridgehead atoms. The van der Waals surface area contributed by atoms with Gasteiger partial charge in [0.25, 0.3) is 0 Å². The Bertz CT molecular complexity index is 402. The Morgan fingerprint density at radius 2 is 2.17 bits per heavy atom. The molecule has 4 heteroatoms. The van der Waals surface area contributed by atoms with E-state index in [0.29, 0.717) is 5.92 Å². The van der Waals surface area contributed by atoms with Crippen LogP contribution in [0.4, 0.5) is 0 Å². The van der Waals surface area contributed by atoms with Gasteiger partial charge < -0.3 is 14.7 Å². The number of aliphatic carboxylic acids is 1. The van der Waals surface area contributed by atoms with Gasteiger partial charge in [-0.1, -0.05) is 12.1 Å². The van der Waals surface area contributed by atoms with Gasteiger partial charge in [0.2, 0.25) is 0 Å². The molecule has 1 N–H and O–H groups in total. The van der Waals surface area contributed by atoms with Gasteiger partial charge >= 0.3 is 5.97 Å². The molecule has 0 aromatic heterocycles. The molecule has 2 rings (SSSR count). The molecule has 1 fully saturated rings. The minimum atomic E-state index is -0.808. The van der Waals surface area contributed by atoms with Crippen molar-refractivity contribution in [3.05, 3.63) is 29.8 Å². The van der Waals surface area contributed by atoms with Crippen LogP contribution in [0.15, 0.2) is 24.3 Å². The molecule has 0 amide bonds. The lowest BCUT2D eigenvalue weighted by Crippen LogP contribution is -2.17. The third kappa shape index (κ3) is 3.74. The standard InChI is InChI=1S/C14H19NO3/c1-15-7-6-12(9-15)10-18-13-4-2-11(3-5-13)8-14(16)17/h2-5,12H,6-10H2,1H3,(H,16,17). The zero-order valence-corrected chi connectivity index (χ0v) is 10.6. The highest BCUT2D eigenvalue weighted by molar-refractivity contribution is 5.70. The molecule has 0 aliphatic carbocycles. The second-order valence-electron chi connectivity index (χ2n) is 4.94. The van der Waals surface area contributed by atoms with E-state index in [1.807, 2.05) is 24.3 Å². The van der Waals surface area contributed by atoms with Gasteiger partial charge in [-0.15, -0.1) is 0 Å². The summed E-state index contributed by atoms with van der Waals surface area (Å²) in [5, 5.41) is 8.67. The van der Waals surface area contributed by atoms with Crippen LogP contribution in [0, 0.1) is 5.92 Å². The van der Waals surface area contributed by atoms with E-state index < -0.39 is 5.97 Å². The molecule has 4 nitrogen and oxygen atoms in total. The molecule has 0 saturated carbocycles. The second-order valence-corrected chi connectivity index (χ2v) is 4.94. The SMILES string of the molecule is CN1CCC(COc2ccc(CC(=O)O)cc2)C1. The summed E-state index contributed by atoms with van der Waals surface area (Å²) in [5.41, 5.74) is 0.801.